The molecule has 0 radical (unpaired) electrons. The number of carbonyl (C=O) groups is 1. The number of carbonyl (C=O) groups excluding carboxylic acids is 1. The zero-order valence-corrected chi connectivity index (χ0v) is 13.0. The minimum atomic E-state index is -0.607. The van der Waals surface area contributed by atoms with Crippen molar-refractivity contribution >= 4 is 13.2 Å². The van der Waals surface area contributed by atoms with Gasteiger partial charge in [-0.05, 0) is 17.7 Å². The van der Waals surface area contributed by atoms with Crippen molar-refractivity contribution in [3.05, 3.63) is 29.8 Å². The zero-order valence-electron chi connectivity index (χ0n) is 13.0. The van der Waals surface area contributed by atoms with Crippen LogP contribution in [-0.2, 0) is 25.2 Å². The van der Waals surface area contributed by atoms with E-state index in [-0.39, 0.29) is 18.4 Å². The maximum atomic E-state index is 10.9. The summed E-state index contributed by atoms with van der Waals surface area (Å²) in [6.07, 6.45) is 0.114. The molecule has 0 unspecified atom stereocenters. The number of hydrogen-bond acceptors (Lipinski definition) is 6. The highest BCUT2D eigenvalue weighted by atomic mass is 16.7. The van der Waals surface area contributed by atoms with E-state index in [0.29, 0.717) is 19.8 Å². The Hall–Kier alpha value is -1.61. The molecule has 23 heavy (non-hydrogen) atoms. The molecular weight excluding hydrogens is 299 g/mol. The summed E-state index contributed by atoms with van der Waals surface area (Å²) in [5.74, 6) is 0.382. The smallest absolute Gasteiger partial charge is 0.491 e. The molecule has 0 saturated carbocycles. The van der Waals surface area contributed by atoms with Gasteiger partial charge in [0.05, 0.1) is 12.5 Å². The van der Waals surface area contributed by atoms with Gasteiger partial charge in [0.15, 0.2) is 0 Å². The SMILES string of the molecule is NC(=O)Cc1ccc(OC[C@H]2CN3CCOB(OCC3)O2)cc1. The van der Waals surface area contributed by atoms with Gasteiger partial charge in [-0.15, -0.1) is 0 Å². The molecule has 1 aromatic carbocycles. The highest BCUT2D eigenvalue weighted by Gasteiger charge is 2.32. The molecule has 1 aromatic rings. The van der Waals surface area contributed by atoms with Gasteiger partial charge in [-0.25, -0.2) is 0 Å². The summed E-state index contributed by atoms with van der Waals surface area (Å²) >= 11 is 0. The second-order valence-corrected chi connectivity index (χ2v) is 5.69. The maximum Gasteiger partial charge on any atom is 0.639 e. The van der Waals surface area contributed by atoms with Gasteiger partial charge >= 0.3 is 7.32 Å². The molecule has 0 spiro atoms. The van der Waals surface area contributed by atoms with Gasteiger partial charge < -0.3 is 24.4 Å². The Morgan fingerprint density at radius 3 is 2.61 bits per heavy atom. The minimum Gasteiger partial charge on any atom is -0.491 e. The van der Waals surface area contributed by atoms with Crippen LogP contribution in [0, 0.1) is 0 Å². The van der Waals surface area contributed by atoms with Crippen molar-refractivity contribution in [2.24, 2.45) is 5.73 Å². The number of primary amides is 1. The molecule has 1 amide bonds. The van der Waals surface area contributed by atoms with Crippen LogP contribution < -0.4 is 10.5 Å². The third kappa shape index (κ3) is 4.94. The largest absolute Gasteiger partial charge is 0.639 e. The Bertz CT molecular complexity index is 503. The molecule has 2 bridgehead atoms. The molecule has 3 saturated heterocycles. The van der Waals surface area contributed by atoms with E-state index in [4.69, 9.17) is 24.4 Å². The second-order valence-electron chi connectivity index (χ2n) is 5.69. The highest BCUT2D eigenvalue weighted by Crippen LogP contribution is 2.15. The lowest BCUT2D eigenvalue weighted by Crippen LogP contribution is -2.51. The van der Waals surface area contributed by atoms with Crippen LogP contribution in [-0.4, -0.2) is 63.7 Å². The number of hydrogen-bond donors (Lipinski definition) is 1. The lowest BCUT2D eigenvalue weighted by atomic mass is 10.1. The first kappa shape index (κ1) is 16.3. The molecule has 7 nitrogen and oxygen atoms in total. The van der Waals surface area contributed by atoms with Gasteiger partial charge in [-0.1, -0.05) is 12.1 Å². The molecule has 2 N–H and O–H groups in total. The molecule has 1 atom stereocenters. The van der Waals surface area contributed by atoms with Crippen LogP contribution in [0.5, 0.6) is 5.75 Å². The second kappa shape index (κ2) is 7.78. The quantitative estimate of drug-likeness (QED) is 0.758. The van der Waals surface area contributed by atoms with E-state index >= 15 is 0 Å². The van der Waals surface area contributed by atoms with Crippen molar-refractivity contribution < 1.29 is 23.5 Å². The summed E-state index contributed by atoms with van der Waals surface area (Å²) in [6.45, 7) is 4.18. The third-order valence-corrected chi connectivity index (χ3v) is 3.83. The van der Waals surface area contributed by atoms with E-state index in [2.05, 4.69) is 4.90 Å². The summed E-state index contributed by atoms with van der Waals surface area (Å²) < 4.78 is 22.6. The predicted molar refractivity (Wildman–Crippen MR) is 83.8 cm³/mol. The van der Waals surface area contributed by atoms with Crippen molar-refractivity contribution in [3.63, 3.8) is 0 Å². The standard InChI is InChI=1S/C15H21BN2O5/c17-15(19)9-12-1-3-13(4-2-12)20-11-14-10-18-5-7-21-16(23-14)22-8-6-18/h1-4,14H,5-11H2,(H2,17,19)/t14-/m1/s1. The van der Waals surface area contributed by atoms with E-state index < -0.39 is 7.32 Å². The molecule has 3 aliphatic heterocycles. The monoisotopic (exact) mass is 320 g/mol. The lowest BCUT2D eigenvalue weighted by molar-refractivity contribution is -0.117. The predicted octanol–water partition coefficient (Wildman–Crippen LogP) is -0.174. The van der Waals surface area contributed by atoms with Crippen LogP contribution in [0.3, 0.4) is 0 Å². The Balaban J connectivity index is 1.53. The fraction of sp³-hybridized carbons (Fsp3) is 0.533. The van der Waals surface area contributed by atoms with Gasteiger partial charge in [0.2, 0.25) is 5.91 Å². The molecule has 8 heteroatoms. The van der Waals surface area contributed by atoms with Crippen molar-refractivity contribution in [2.75, 3.05) is 39.5 Å². The molecular formula is C15H21BN2O5. The van der Waals surface area contributed by atoms with E-state index in [1.807, 2.05) is 24.3 Å². The molecule has 3 heterocycles. The number of ether oxygens (including phenoxy) is 1. The Kier molecular flexibility index (Phi) is 5.50. The number of nitrogens with two attached hydrogens (primary N) is 1. The third-order valence-electron chi connectivity index (χ3n) is 3.83. The number of rotatable bonds is 5. The minimum absolute atomic E-state index is 0.120. The molecule has 0 aromatic heterocycles. The van der Waals surface area contributed by atoms with Gasteiger partial charge in [-0.3, -0.25) is 9.69 Å². The molecule has 3 fully saturated rings. The Labute approximate surface area is 135 Å². The maximum absolute atomic E-state index is 10.9. The first-order valence-corrected chi connectivity index (χ1v) is 7.80. The number of fused-ring (bicyclic) bond motifs is 6. The van der Waals surface area contributed by atoms with Crippen molar-refractivity contribution in [3.8, 4) is 5.75 Å². The first-order valence-electron chi connectivity index (χ1n) is 7.80. The van der Waals surface area contributed by atoms with Crippen LogP contribution in [0.25, 0.3) is 0 Å². The number of amides is 1. The Morgan fingerprint density at radius 1 is 1.26 bits per heavy atom. The number of benzene rings is 1. The normalized spacial score (nSPS) is 24.6. The fourth-order valence-corrected chi connectivity index (χ4v) is 2.65. The van der Waals surface area contributed by atoms with Gasteiger partial charge in [-0.2, -0.15) is 0 Å². The van der Waals surface area contributed by atoms with Crippen molar-refractivity contribution in [2.45, 2.75) is 12.5 Å². The summed E-state index contributed by atoms with van der Waals surface area (Å²) in [7, 11) is -0.607. The Morgan fingerprint density at radius 2 is 1.96 bits per heavy atom. The summed E-state index contributed by atoms with van der Waals surface area (Å²) in [6, 6.07) is 7.33. The zero-order chi connectivity index (χ0) is 16.1. The van der Waals surface area contributed by atoms with Crippen LogP contribution in [0.4, 0.5) is 0 Å². The molecule has 3 aliphatic rings. The van der Waals surface area contributed by atoms with Gasteiger partial charge in [0, 0.05) is 32.8 Å². The van der Waals surface area contributed by atoms with Crippen LogP contribution in [0.2, 0.25) is 0 Å². The van der Waals surface area contributed by atoms with Gasteiger partial charge in [0.1, 0.15) is 12.4 Å². The van der Waals surface area contributed by atoms with E-state index in [1.54, 1.807) is 0 Å². The van der Waals surface area contributed by atoms with Crippen LogP contribution in [0.1, 0.15) is 5.56 Å². The molecule has 124 valence electrons. The molecule has 4 rings (SSSR count). The topological polar surface area (TPSA) is 83.3 Å². The van der Waals surface area contributed by atoms with Crippen LogP contribution >= 0.6 is 0 Å². The van der Waals surface area contributed by atoms with Crippen molar-refractivity contribution in [1.82, 2.24) is 4.90 Å². The van der Waals surface area contributed by atoms with Gasteiger partial charge in [0.25, 0.3) is 0 Å². The average Bonchev–Trinajstić information content (AvgIpc) is 2.45. The highest BCUT2D eigenvalue weighted by molar-refractivity contribution is 6.36. The summed E-state index contributed by atoms with van der Waals surface area (Å²) in [4.78, 5) is 13.1. The van der Waals surface area contributed by atoms with E-state index in [0.717, 1.165) is 30.9 Å². The summed E-state index contributed by atoms with van der Waals surface area (Å²) in [5, 5.41) is 0. The molecule has 0 aliphatic carbocycles. The van der Waals surface area contributed by atoms with E-state index in [9.17, 15) is 4.79 Å². The average molecular weight is 320 g/mol. The summed E-state index contributed by atoms with van der Waals surface area (Å²) in [5.41, 5.74) is 6.05. The van der Waals surface area contributed by atoms with Crippen molar-refractivity contribution in [1.29, 1.82) is 0 Å². The number of nitrogens with zero attached hydrogens (tertiary/aromatic N) is 1. The lowest BCUT2D eigenvalue weighted by Gasteiger charge is -2.34. The fourth-order valence-electron chi connectivity index (χ4n) is 2.65. The van der Waals surface area contributed by atoms with E-state index in [1.165, 1.54) is 0 Å². The van der Waals surface area contributed by atoms with Crippen LogP contribution in [0.15, 0.2) is 24.3 Å². The first-order chi connectivity index (χ1) is 11.2.